The first-order valence-electron chi connectivity index (χ1n) is 7.92. The van der Waals surface area contributed by atoms with Crippen molar-refractivity contribution in [1.29, 1.82) is 0 Å². The average Bonchev–Trinajstić information content (AvgIpc) is 3.11. The lowest BCUT2D eigenvalue weighted by Gasteiger charge is -2.31. The van der Waals surface area contributed by atoms with Crippen LogP contribution in [0.1, 0.15) is 42.6 Å². The molecule has 2 atom stereocenters. The largest absolute Gasteiger partial charge is 0.397 e. The number of carbonyl (C=O) groups is 1. The Morgan fingerprint density at radius 2 is 2.10 bits per heavy atom. The van der Waals surface area contributed by atoms with Gasteiger partial charge in [0, 0.05) is 18.0 Å². The topological polar surface area (TPSA) is 62.1 Å². The summed E-state index contributed by atoms with van der Waals surface area (Å²) in [6, 6.07) is 8.17. The molecule has 1 aromatic heterocycles. The van der Waals surface area contributed by atoms with Gasteiger partial charge in [0.15, 0.2) is 0 Å². The average molecular weight is 283 g/mol. The second kappa shape index (κ2) is 4.79. The lowest BCUT2D eigenvalue weighted by Crippen LogP contribution is -2.39. The predicted octanol–water partition coefficient (Wildman–Crippen LogP) is 3.15. The fourth-order valence-electron chi connectivity index (χ4n) is 4.11. The Kier molecular flexibility index (Phi) is 2.91. The maximum absolute atomic E-state index is 12.8. The molecule has 1 amide bonds. The Morgan fingerprint density at radius 1 is 1.24 bits per heavy atom. The highest BCUT2D eigenvalue weighted by Gasteiger charge is 2.38. The number of benzene rings is 1. The van der Waals surface area contributed by atoms with Gasteiger partial charge in [-0.05, 0) is 37.3 Å². The number of fused-ring (bicyclic) bond motifs is 2. The zero-order valence-electron chi connectivity index (χ0n) is 12.1. The van der Waals surface area contributed by atoms with Gasteiger partial charge in [0.1, 0.15) is 5.69 Å². The molecule has 21 heavy (non-hydrogen) atoms. The van der Waals surface area contributed by atoms with E-state index in [1.54, 1.807) is 0 Å². The number of nitrogens with two attached hydrogens (primary N) is 1. The lowest BCUT2D eigenvalue weighted by molar-refractivity contribution is 0.0685. The first-order valence-corrected chi connectivity index (χ1v) is 7.92. The van der Waals surface area contributed by atoms with Gasteiger partial charge >= 0.3 is 0 Å². The minimum Gasteiger partial charge on any atom is -0.397 e. The van der Waals surface area contributed by atoms with Gasteiger partial charge in [0.2, 0.25) is 0 Å². The maximum Gasteiger partial charge on any atom is 0.270 e. The zero-order valence-corrected chi connectivity index (χ0v) is 12.1. The number of aromatic amines is 1. The molecule has 2 heterocycles. The van der Waals surface area contributed by atoms with Crippen LogP contribution in [0.5, 0.6) is 0 Å². The zero-order chi connectivity index (χ0) is 14.4. The molecule has 1 saturated heterocycles. The minimum atomic E-state index is 0.139. The molecule has 1 aromatic carbocycles. The van der Waals surface area contributed by atoms with Crippen molar-refractivity contribution < 1.29 is 4.79 Å². The van der Waals surface area contributed by atoms with Crippen LogP contribution < -0.4 is 5.73 Å². The first-order chi connectivity index (χ1) is 10.2. The summed E-state index contributed by atoms with van der Waals surface area (Å²) in [6.07, 6.45) is 6.20. The summed E-state index contributed by atoms with van der Waals surface area (Å²) in [7, 11) is 0. The van der Waals surface area contributed by atoms with Crippen molar-refractivity contribution in [2.75, 3.05) is 12.3 Å². The molecule has 2 unspecified atom stereocenters. The number of carbonyl (C=O) groups excluding carboxylic acids is 1. The number of anilines is 1. The molecule has 1 aliphatic carbocycles. The van der Waals surface area contributed by atoms with E-state index in [2.05, 4.69) is 9.88 Å². The van der Waals surface area contributed by atoms with E-state index in [0.29, 0.717) is 17.4 Å². The Balaban J connectivity index is 1.65. The predicted molar refractivity (Wildman–Crippen MR) is 84.1 cm³/mol. The molecule has 110 valence electrons. The molecule has 4 heteroatoms. The van der Waals surface area contributed by atoms with Gasteiger partial charge in [-0.25, -0.2) is 0 Å². The summed E-state index contributed by atoms with van der Waals surface area (Å²) in [5.74, 6) is 0.858. The lowest BCUT2D eigenvalue weighted by atomic mass is 9.85. The van der Waals surface area contributed by atoms with E-state index in [-0.39, 0.29) is 5.91 Å². The monoisotopic (exact) mass is 283 g/mol. The number of likely N-dealkylation sites (tertiary alicyclic amines) is 1. The summed E-state index contributed by atoms with van der Waals surface area (Å²) in [4.78, 5) is 18.1. The van der Waals surface area contributed by atoms with Crippen LogP contribution in [0.15, 0.2) is 24.3 Å². The summed E-state index contributed by atoms with van der Waals surface area (Å²) < 4.78 is 0. The van der Waals surface area contributed by atoms with E-state index in [9.17, 15) is 4.79 Å². The SMILES string of the molecule is Nc1cccc2cc(C(=O)N3CCC4CCCCC43)[nH]c12. The number of para-hydroxylation sites is 1. The molecule has 0 radical (unpaired) electrons. The summed E-state index contributed by atoms with van der Waals surface area (Å²) in [6.45, 7) is 0.902. The van der Waals surface area contributed by atoms with Crippen molar-refractivity contribution in [2.45, 2.75) is 38.1 Å². The van der Waals surface area contributed by atoms with Crippen molar-refractivity contribution in [1.82, 2.24) is 9.88 Å². The summed E-state index contributed by atoms with van der Waals surface area (Å²) in [5.41, 5.74) is 8.22. The smallest absolute Gasteiger partial charge is 0.270 e. The second-order valence-electron chi connectivity index (χ2n) is 6.39. The van der Waals surface area contributed by atoms with Crippen molar-refractivity contribution >= 4 is 22.5 Å². The Bertz CT molecular complexity index is 690. The van der Waals surface area contributed by atoms with Gasteiger partial charge in [-0.3, -0.25) is 4.79 Å². The van der Waals surface area contributed by atoms with Crippen molar-refractivity contribution in [3.63, 3.8) is 0 Å². The standard InChI is InChI=1S/C17H21N3O/c18-13-6-3-5-12-10-14(19-16(12)13)17(21)20-9-8-11-4-1-2-7-15(11)20/h3,5-6,10-11,15,19H,1-2,4,7-9,18H2. The van der Waals surface area contributed by atoms with Crippen LogP contribution in [-0.4, -0.2) is 28.4 Å². The molecule has 2 aliphatic rings. The number of nitrogens with zero attached hydrogens (tertiary/aromatic N) is 1. The third kappa shape index (κ3) is 2.01. The van der Waals surface area contributed by atoms with Gasteiger partial charge < -0.3 is 15.6 Å². The van der Waals surface area contributed by atoms with E-state index in [1.807, 2.05) is 24.3 Å². The van der Waals surface area contributed by atoms with Crippen LogP contribution in [-0.2, 0) is 0 Å². The Labute approximate surface area is 124 Å². The Morgan fingerprint density at radius 3 is 2.95 bits per heavy atom. The number of H-pyrrole nitrogens is 1. The quantitative estimate of drug-likeness (QED) is 0.790. The number of nitrogens with one attached hydrogen (secondary N) is 1. The van der Waals surface area contributed by atoms with Crippen molar-refractivity contribution in [3.05, 3.63) is 30.0 Å². The molecular formula is C17H21N3O. The van der Waals surface area contributed by atoms with Gasteiger partial charge in [0.05, 0.1) is 11.2 Å². The summed E-state index contributed by atoms with van der Waals surface area (Å²) >= 11 is 0. The highest BCUT2D eigenvalue weighted by molar-refractivity contribution is 6.01. The van der Waals surface area contributed by atoms with Crippen molar-refractivity contribution in [3.8, 4) is 0 Å². The third-order valence-corrected chi connectivity index (χ3v) is 5.19. The molecule has 1 aliphatic heterocycles. The molecule has 3 N–H and O–H groups in total. The number of hydrogen-bond donors (Lipinski definition) is 2. The normalized spacial score (nSPS) is 25.2. The van der Waals surface area contributed by atoms with E-state index in [4.69, 9.17) is 5.73 Å². The van der Waals surface area contributed by atoms with Gasteiger partial charge in [0.25, 0.3) is 5.91 Å². The molecule has 0 bridgehead atoms. The third-order valence-electron chi connectivity index (χ3n) is 5.19. The van der Waals surface area contributed by atoms with E-state index >= 15 is 0 Å². The van der Waals surface area contributed by atoms with Crippen LogP contribution in [0, 0.1) is 5.92 Å². The first kappa shape index (κ1) is 12.7. The van der Waals surface area contributed by atoms with E-state index < -0.39 is 0 Å². The van der Waals surface area contributed by atoms with Crippen LogP contribution in [0.2, 0.25) is 0 Å². The van der Waals surface area contributed by atoms with Gasteiger partial charge in [-0.15, -0.1) is 0 Å². The summed E-state index contributed by atoms with van der Waals surface area (Å²) in [5, 5.41) is 1.01. The number of nitrogen functional groups attached to an aromatic ring is 1. The number of hydrogen-bond acceptors (Lipinski definition) is 2. The molecular weight excluding hydrogens is 262 g/mol. The molecule has 4 rings (SSSR count). The molecule has 1 saturated carbocycles. The number of rotatable bonds is 1. The fraction of sp³-hybridized carbons (Fsp3) is 0.471. The number of aromatic nitrogens is 1. The minimum absolute atomic E-state index is 0.139. The molecule has 0 spiro atoms. The second-order valence-corrected chi connectivity index (χ2v) is 6.39. The molecule has 2 aromatic rings. The van der Waals surface area contributed by atoms with E-state index in [0.717, 1.165) is 23.4 Å². The van der Waals surface area contributed by atoms with Gasteiger partial charge in [-0.2, -0.15) is 0 Å². The highest BCUT2D eigenvalue weighted by atomic mass is 16.2. The maximum atomic E-state index is 12.8. The number of amides is 1. The van der Waals surface area contributed by atoms with Crippen LogP contribution in [0.4, 0.5) is 5.69 Å². The molecule has 4 nitrogen and oxygen atoms in total. The van der Waals surface area contributed by atoms with Crippen LogP contribution in [0.3, 0.4) is 0 Å². The Hall–Kier alpha value is -1.97. The van der Waals surface area contributed by atoms with Gasteiger partial charge in [-0.1, -0.05) is 25.0 Å². The fourth-order valence-corrected chi connectivity index (χ4v) is 4.11. The van der Waals surface area contributed by atoms with Crippen molar-refractivity contribution in [2.24, 2.45) is 5.92 Å². The highest BCUT2D eigenvalue weighted by Crippen LogP contribution is 2.37. The molecule has 2 fully saturated rings. The van der Waals surface area contributed by atoms with Crippen LogP contribution >= 0.6 is 0 Å². The van der Waals surface area contributed by atoms with E-state index in [1.165, 1.54) is 32.1 Å². The van der Waals surface area contributed by atoms with Crippen LogP contribution in [0.25, 0.3) is 10.9 Å².